The predicted molar refractivity (Wildman–Crippen MR) is 74.3 cm³/mol. The van der Waals surface area contributed by atoms with Crippen molar-refractivity contribution in [1.82, 2.24) is 0 Å². The van der Waals surface area contributed by atoms with Gasteiger partial charge in [-0.15, -0.1) is 0 Å². The van der Waals surface area contributed by atoms with Crippen molar-refractivity contribution in [2.45, 2.75) is 83.0 Å². The summed E-state index contributed by atoms with van der Waals surface area (Å²) < 4.78 is 6.44. The van der Waals surface area contributed by atoms with Gasteiger partial charge in [0.2, 0.25) is 0 Å². The summed E-state index contributed by atoms with van der Waals surface area (Å²) in [7, 11) is 0. The Morgan fingerprint density at radius 2 is 1.67 bits per heavy atom. The third-order valence-electron chi connectivity index (χ3n) is 5.60. The predicted octanol–water partition coefficient (Wildman–Crippen LogP) is 3.49. The molecule has 6 atom stereocenters. The van der Waals surface area contributed by atoms with Crippen molar-refractivity contribution in [1.29, 1.82) is 0 Å². The van der Waals surface area contributed by atoms with Crippen LogP contribution in [0.5, 0.6) is 0 Å². The van der Waals surface area contributed by atoms with Gasteiger partial charge in [0.1, 0.15) is 0 Å². The van der Waals surface area contributed by atoms with Gasteiger partial charge in [-0.25, -0.2) is 0 Å². The Morgan fingerprint density at radius 3 is 2.50 bits per heavy atom. The first-order chi connectivity index (χ1) is 8.74. The van der Waals surface area contributed by atoms with Crippen molar-refractivity contribution in [2.75, 3.05) is 0 Å². The molecule has 0 aromatic carbocycles. The molecule has 2 bridgehead atoms. The maximum atomic E-state index is 6.52. The summed E-state index contributed by atoms with van der Waals surface area (Å²) in [5.74, 6) is 2.26. The highest BCUT2D eigenvalue weighted by Gasteiger charge is 2.43. The van der Waals surface area contributed by atoms with E-state index in [1.807, 2.05) is 0 Å². The standard InChI is InChI=1S/C16H29NO/c1-11-8-12-10-14(15(17)9-11)13-6-4-2-3-5-7-16(13)18-12/h11-16H,2-10,17H2,1H3. The molecule has 2 heteroatoms. The molecule has 0 radical (unpaired) electrons. The van der Waals surface area contributed by atoms with E-state index in [1.54, 1.807) is 0 Å². The molecule has 1 saturated heterocycles. The molecule has 0 aromatic heterocycles. The van der Waals surface area contributed by atoms with Gasteiger partial charge >= 0.3 is 0 Å². The van der Waals surface area contributed by atoms with Crippen molar-refractivity contribution in [3.05, 3.63) is 0 Å². The molecule has 6 unspecified atom stereocenters. The highest BCUT2D eigenvalue weighted by molar-refractivity contribution is 4.94. The molecule has 2 N–H and O–H groups in total. The van der Waals surface area contributed by atoms with Crippen LogP contribution in [0.15, 0.2) is 0 Å². The summed E-state index contributed by atoms with van der Waals surface area (Å²) in [6.45, 7) is 2.35. The molecule has 18 heavy (non-hydrogen) atoms. The number of nitrogens with two attached hydrogens (primary N) is 1. The fourth-order valence-corrected chi connectivity index (χ4v) is 4.75. The van der Waals surface area contributed by atoms with E-state index < -0.39 is 0 Å². The molecule has 2 saturated carbocycles. The van der Waals surface area contributed by atoms with Gasteiger partial charge in [0.15, 0.2) is 0 Å². The minimum atomic E-state index is 0.431. The molecule has 3 fully saturated rings. The summed E-state index contributed by atoms with van der Waals surface area (Å²) in [4.78, 5) is 0. The van der Waals surface area contributed by atoms with Crippen molar-refractivity contribution in [2.24, 2.45) is 23.5 Å². The first-order valence-electron chi connectivity index (χ1n) is 8.15. The Hall–Kier alpha value is -0.0800. The summed E-state index contributed by atoms with van der Waals surface area (Å²) in [5, 5.41) is 0. The van der Waals surface area contributed by atoms with Crippen LogP contribution in [-0.4, -0.2) is 18.2 Å². The first-order valence-corrected chi connectivity index (χ1v) is 8.15. The molecule has 3 rings (SSSR count). The lowest BCUT2D eigenvalue weighted by atomic mass is 9.72. The summed E-state index contributed by atoms with van der Waals surface area (Å²) >= 11 is 0. The average Bonchev–Trinajstić information content (AvgIpc) is 2.40. The van der Waals surface area contributed by atoms with E-state index in [4.69, 9.17) is 10.5 Å². The van der Waals surface area contributed by atoms with Crippen LogP contribution in [0.2, 0.25) is 0 Å². The Bertz CT molecular complexity index is 276. The normalized spacial score (nSPS) is 49.7. The van der Waals surface area contributed by atoms with Crippen LogP contribution in [0, 0.1) is 17.8 Å². The third kappa shape index (κ3) is 2.60. The number of rotatable bonds is 0. The van der Waals surface area contributed by atoms with E-state index in [2.05, 4.69) is 6.92 Å². The highest BCUT2D eigenvalue weighted by atomic mass is 16.5. The minimum Gasteiger partial charge on any atom is -0.375 e. The van der Waals surface area contributed by atoms with Gasteiger partial charge in [-0.2, -0.15) is 0 Å². The smallest absolute Gasteiger partial charge is 0.0610 e. The van der Waals surface area contributed by atoms with Gasteiger partial charge < -0.3 is 10.5 Å². The Balaban J connectivity index is 1.78. The van der Waals surface area contributed by atoms with Crippen LogP contribution in [-0.2, 0) is 4.74 Å². The van der Waals surface area contributed by atoms with Crippen molar-refractivity contribution >= 4 is 0 Å². The number of fused-ring (bicyclic) bond motifs is 4. The molecular formula is C16H29NO. The van der Waals surface area contributed by atoms with E-state index in [1.165, 1.54) is 57.8 Å². The summed E-state index contributed by atoms with van der Waals surface area (Å²) in [5.41, 5.74) is 6.52. The molecule has 104 valence electrons. The zero-order valence-electron chi connectivity index (χ0n) is 11.8. The number of hydrogen-bond acceptors (Lipinski definition) is 2. The number of ether oxygens (including phenoxy) is 1. The molecule has 0 spiro atoms. The van der Waals surface area contributed by atoms with Gasteiger partial charge in [0.05, 0.1) is 12.2 Å². The average molecular weight is 251 g/mol. The lowest BCUT2D eigenvalue weighted by molar-refractivity contribution is -0.119. The summed E-state index contributed by atoms with van der Waals surface area (Å²) in [6.07, 6.45) is 13.0. The van der Waals surface area contributed by atoms with Gasteiger partial charge in [-0.05, 0) is 49.9 Å². The van der Waals surface area contributed by atoms with Gasteiger partial charge in [0, 0.05) is 6.04 Å². The molecule has 3 aliphatic rings. The molecule has 2 nitrogen and oxygen atoms in total. The van der Waals surface area contributed by atoms with Crippen LogP contribution >= 0.6 is 0 Å². The Labute approximate surface area is 112 Å². The Morgan fingerprint density at radius 1 is 0.889 bits per heavy atom. The monoisotopic (exact) mass is 251 g/mol. The maximum Gasteiger partial charge on any atom is 0.0610 e. The SMILES string of the molecule is CC1CC2CC(C(N)C1)C1CCCCCCC1O2. The van der Waals surface area contributed by atoms with Crippen LogP contribution in [0.1, 0.15) is 64.7 Å². The van der Waals surface area contributed by atoms with E-state index in [0.29, 0.717) is 18.2 Å². The van der Waals surface area contributed by atoms with Crippen molar-refractivity contribution < 1.29 is 4.74 Å². The maximum absolute atomic E-state index is 6.52. The quantitative estimate of drug-likeness (QED) is 0.715. The molecule has 0 amide bonds. The fourth-order valence-electron chi connectivity index (χ4n) is 4.75. The van der Waals surface area contributed by atoms with Gasteiger partial charge in [-0.3, -0.25) is 0 Å². The van der Waals surface area contributed by atoms with E-state index >= 15 is 0 Å². The lowest BCUT2D eigenvalue weighted by Gasteiger charge is -2.44. The Kier molecular flexibility index (Phi) is 3.95. The molecule has 1 heterocycles. The fraction of sp³-hybridized carbons (Fsp3) is 1.00. The molecule has 1 aliphatic heterocycles. The zero-order valence-corrected chi connectivity index (χ0v) is 11.8. The topological polar surface area (TPSA) is 35.2 Å². The van der Waals surface area contributed by atoms with Gasteiger partial charge in [0.25, 0.3) is 0 Å². The van der Waals surface area contributed by atoms with Crippen LogP contribution < -0.4 is 5.73 Å². The van der Waals surface area contributed by atoms with E-state index in [-0.39, 0.29) is 0 Å². The molecule has 0 aromatic rings. The van der Waals surface area contributed by atoms with Gasteiger partial charge in [-0.1, -0.05) is 32.6 Å². The molecule has 2 aliphatic carbocycles. The summed E-state index contributed by atoms with van der Waals surface area (Å²) in [6, 6.07) is 0.431. The highest BCUT2D eigenvalue weighted by Crippen LogP contribution is 2.44. The third-order valence-corrected chi connectivity index (χ3v) is 5.60. The second kappa shape index (κ2) is 5.50. The van der Waals surface area contributed by atoms with Crippen molar-refractivity contribution in [3.63, 3.8) is 0 Å². The van der Waals surface area contributed by atoms with E-state index in [9.17, 15) is 0 Å². The second-order valence-corrected chi connectivity index (χ2v) is 7.09. The van der Waals surface area contributed by atoms with E-state index in [0.717, 1.165) is 17.8 Å². The second-order valence-electron chi connectivity index (χ2n) is 7.09. The largest absolute Gasteiger partial charge is 0.375 e. The van der Waals surface area contributed by atoms with Crippen LogP contribution in [0.25, 0.3) is 0 Å². The lowest BCUT2D eigenvalue weighted by Crippen LogP contribution is -2.46. The van der Waals surface area contributed by atoms with Crippen LogP contribution in [0.3, 0.4) is 0 Å². The van der Waals surface area contributed by atoms with Crippen LogP contribution in [0.4, 0.5) is 0 Å². The first kappa shape index (κ1) is 12.9. The van der Waals surface area contributed by atoms with Crippen molar-refractivity contribution in [3.8, 4) is 0 Å². The molecular weight excluding hydrogens is 222 g/mol. The zero-order chi connectivity index (χ0) is 12.5. The number of hydrogen-bond donors (Lipinski definition) is 1. The minimum absolute atomic E-state index is 0.431.